The van der Waals surface area contributed by atoms with Crippen molar-refractivity contribution in [3.05, 3.63) is 35.2 Å². The molecule has 7 heteroatoms. The molecule has 0 saturated carbocycles. The average molecular weight is 257 g/mol. The molecule has 0 amide bonds. The standard InChI is InChI=1S/C11H10F3N3O/c1-6-3-8(18)4-7(2)10(6)17-5-9(15-16-17)11(12,13)14/h3-5,18H,1-2H3. The Kier molecular flexibility index (Phi) is 2.76. The summed E-state index contributed by atoms with van der Waals surface area (Å²) in [4.78, 5) is 0. The van der Waals surface area contributed by atoms with E-state index in [4.69, 9.17) is 0 Å². The second-order valence-electron chi connectivity index (χ2n) is 3.97. The first-order valence-electron chi connectivity index (χ1n) is 5.09. The van der Waals surface area contributed by atoms with Crippen molar-refractivity contribution in [3.63, 3.8) is 0 Å². The number of hydrogen-bond donors (Lipinski definition) is 1. The van der Waals surface area contributed by atoms with Gasteiger partial charge in [0.1, 0.15) is 5.75 Å². The molecule has 1 aromatic carbocycles. The normalized spacial score (nSPS) is 11.8. The van der Waals surface area contributed by atoms with Crippen LogP contribution in [0.1, 0.15) is 16.8 Å². The average Bonchev–Trinajstić information content (AvgIpc) is 2.64. The number of alkyl halides is 3. The topological polar surface area (TPSA) is 50.9 Å². The molecule has 4 nitrogen and oxygen atoms in total. The van der Waals surface area contributed by atoms with Crippen molar-refractivity contribution in [2.75, 3.05) is 0 Å². The van der Waals surface area contributed by atoms with E-state index in [1.54, 1.807) is 13.8 Å². The zero-order chi connectivity index (χ0) is 13.5. The van der Waals surface area contributed by atoms with Gasteiger partial charge in [0.2, 0.25) is 0 Å². The van der Waals surface area contributed by atoms with Crippen molar-refractivity contribution in [1.82, 2.24) is 15.0 Å². The van der Waals surface area contributed by atoms with E-state index in [1.165, 1.54) is 12.1 Å². The summed E-state index contributed by atoms with van der Waals surface area (Å²) in [6.07, 6.45) is -3.69. The second-order valence-corrected chi connectivity index (χ2v) is 3.97. The van der Waals surface area contributed by atoms with Crippen LogP contribution in [0.25, 0.3) is 5.69 Å². The highest BCUT2D eigenvalue weighted by atomic mass is 19.4. The van der Waals surface area contributed by atoms with Crippen LogP contribution in [0.5, 0.6) is 5.75 Å². The maximum Gasteiger partial charge on any atom is 0.436 e. The largest absolute Gasteiger partial charge is 0.508 e. The molecule has 2 aromatic rings. The maximum absolute atomic E-state index is 12.4. The van der Waals surface area contributed by atoms with E-state index < -0.39 is 11.9 Å². The number of halogens is 3. The number of aromatic nitrogens is 3. The van der Waals surface area contributed by atoms with Crippen LogP contribution in [0.3, 0.4) is 0 Å². The van der Waals surface area contributed by atoms with Crippen LogP contribution in [-0.4, -0.2) is 20.1 Å². The maximum atomic E-state index is 12.4. The van der Waals surface area contributed by atoms with Gasteiger partial charge < -0.3 is 5.11 Å². The summed E-state index contributed by atoms with van der Waals surface area (Å²) in [5.41, 5.74) is 0.669. The molecule has 0 fully saturated rings. The van der Waals surface area contributed by atoms with E-state index in [0.717, 1.165) is 10.9 Å². The van der Waals surface area contributed by atoms with Crippen molar-refractivity contribution < 1.29 is 18.3 Å². The number of aryl methyl sites for hydroxylation is 2. The van der Waals surface area contributed by atoms with Crippen LogP contribution in [0.2, 0.25) is 0 Å². The van der Waals surface area contributed by atoms with Gasteiger partial charge in [-0.1, -0.05) is 5.21 Å². The first kappa shape index (κ1) is 12.4. The highest BCUT2D eigenvalue weighted by Crippen LogP contribution is 2.29. The first-order chi connectivity index (χ1) is 8.29. The van der Waals surface area contributed by atoms with E-state index in [0.29, 0.717) is 16.8 Å². The smallest absolute Gasteiger partial charge is 0.436 e. The molecule has 0 spiro atoms. The van der Waals surface area contributed by atoms with Crippen molar-refractivity contribution in [1.29, 1.82) is 0 Å². The van der Waals surface area contributed by atoms with Crippen LogP contribution < -0.4 is 0 Å². The zero-order valence-electron chi connectivity index (χ0n) is 9.65. The summed E-state index contributed by atoms with van der Waals surface area (Å²) in [7, 11) is 0. The molecular weight excluding hydrogens is 247 g/mol. The fraction of sp³-hybridized carbons (Fsp3) is 0.273. The van der Waals surface area contributed by atoms with Crippen LogP contribution in [-0.2, 0) is 6.18 Å². The van der Waals surface area contributed by atoms with Gasteiger partial charge in [-0.3, -0.25) is 0 Å². The van der Waals surface area contributed by atoms with Gasteiger partial charge in [-0.25, -0.2) is 4.68 Å². The molecule has 0 radical (unpaired) electrons. The third kappa shape index (κ3) is 2.15. The second kappa shape index (κ2) is 4.01. The number of rotatable bonds is 1. The SMILES string of the molecule is Cc1cc(O)cc(C)c1-n1cc(C(F)(F)F)nn1. The minimum absolute atomic E-state index is 0.0601. The Morgan fingerprint density at radius 3 is 2.17 bits per heavy atom. The Bertz CT molecular complexity index is 566. The number of benzene rings is 1. The molecule has 1 aromatic heterocycles. The molecular formula is C11H10F3N3O. The molecule has 18 heavy (non-hydrogen) atoms. The summed E-state index contributed by atoms with van der Waals surface area (Å²) in [5.74, 6) is 0.0601. The van der Waals surface area contributed by atoms with Crippen molar-refractivity contribution in [2.24, 2.45) is 0 Å². The van der Waals surface area contributed by atoms with Gasteiger partial charge in [0.05, 0.1) is 11.9 Å². The van der Waals surface area contributed by atoms with E-state index in [1.807, 2.05) is 0 Å². The summed E-state index contributed by atoms with van der Waals surface area (Å²) in [5, 5.41) is 15.9. The highest BCUT2D eigenvalue weighted by Gasteiger charge is 2.34. The Morgan fingerprint density at radius 2 is 1.72 bits per heavy atom. The number of phenols is 1. The number of nitrogens with zero attached hydrogens (tertiary/aromatic N) is 3. The zero-order valence-corrected chi connectivity index (χ0v) is 9.65. The molecule has 0 aliphatic heterocycles. The monoisotopic (exact) mass is 257 g/mol. The summed E-state index contributed by atoms with van der Waals surface area (Å²) in [6.45, 7) is 3.36. The molecule has 0 unspecified atom stereocenters. The van der Waals surface area contributed by atoms with Crippen LogP contribution in [0.15, 0.2) is 18.3 Å². The molecule has 2 rings (SSSR count). The molecule has 0 saturated heterocycles. The van der Waals surface area contributed by atoms with Gasteiger partial charge in [0.25, 0.3) is 0 Å². The molecule has 0 aliphatic rings. The van der Waals surface area contributed by atoms with Gasteiger partial charge in [0.15, 0.2) is 5.69 Å². The molecule has 96 valence electrons. The van der Waals surface area contributed by atoms with E-state index in [-0.39, 0.29) is 5.75 Å². The number of hydrogen-bond acceptors (Lipinski definition) is 3. The lowest BCUT2D eigenvalue weighted by atomic mass is 10.1. The molecule has 1 N–H and O–H groups in total. The number of aromatic hydroxyl groups is 1. The van der Waals surface area contributed by atoms with Crippen LogP contribution in [0.4, 0.5) is 13.2 Å². The first-order valence-corrected chi connectivity index (χ1v) is 5.09. The minimum Gasteiger partial charge on any atom is -0.508 e. The van der Waals surface area contributed by atoms with E-state index in [2.05, 4.69) is 10.3 Å². The van der Waals surface area contributed by atoms with Gasteiger partial charge in [0, 0.05) is 0 Å². The fourth-order valence-electron chi connectivity index (χ4n) is 1.80. The predicted octanol–water partition coefficient (Wildman–Crippen LogP) is 2.61. The van der Waals surface area contributed by atoms with Crippen molar-refractivity contribution in [2.45, 2.75) is 20.0 Å². The van der Waals surface area contributed by atoms with Gasteiger partial charge >= 0.3 is 6.18 Å². The third-order valence-electron chi connectivity index (χ3n) is 2.49. The Balaban J connectivity index is 2.53. The fourth-order valence-corrected chi connectivity index (χ4v) is 1.80. The van der Waals surface area contributed by atoms with Crippen LogP contribution >= 0.6 is 0 Å². The van der Waals surface area contributed by atoms with Crippen molar-refractivity contribution in [3.8, 4) is 11.4 Å². The van der Waals surface area contributed by atoms with Gasteiger partial charge in [-0.05, 0) is 37.1 Å². The van der Waals surface area contributed by atoms with Gasteiger partial charge in [-0.2, -0.15) is 13.2 Å². The minimum atomic E-state index is -4.52. The molecule has 0 atom stereocenters. The van der Waals surface area contributed by atoms with Crippen LogP contribution in [0, 0.1) is 13.8 Å². The summed E-state index contributed by atoms with van der Waals surface area (Å²) in [6, 6.07) is 2.91. The Morgan fingerprint density at radius 1 is 1.17 bits per heavy atom. The Labute approximate surface area is 101 Å². The lowest BCUT2D eigenvalue weighted by Gasteiger charge is -2.09. The van der Waals surface area contributed by atoms with E-state index in [9.17, 15) is 18.3 Å². The molecule has 0 bridgehead atoms. The summed E-state index contributed by atoms with van der Waals surface area (Å²) < 4.78 is 38.3. The molecule has 1 heterocycles. The Hall–Kier alpha value is -2.05. The van der Waals surface area contributed by atoms with E-state index >= 15 is 0 Å². The summed E-state index contributed by atoms with van der Waals surface area (Å²) >= 11 is 0. The highest BCUT2D eigenvalue weighted by molar-refractivity contribution is 5.50. The third-order valence-corrected chi connectivity index (χ3v) is 2.49. The quantitative estimate of drug-likeness (QED) is 0.854. The predicted molar refractivity (Wildman–Crippen MR) is 57.5 cm³/mol. The lowest BCUT2D eigenvalue weighted by Crippen LogP contribution is -2.05. The van der Waals surface area contributed by atoms with Gasteiger partial charge in [-0.15, -0.1) is 5.10 Å². The van der Waals surface area contributed by atoms with Crippen molar-refractivity contribution >= 4 is 0 Å². The molecule has 0 aliphatic carbocycles. The lowest BCUT2D eigenvalue weighted by molar-refractivity contribution is -0.141. The number of phenolic OH excluding ortho intramolecular Hbond substituents is 1.